The van der Waals surface area contributed by atoms with Crippen LogP contribution in [0.1, 0.15) is 19.3 Å². The van der Waals surface area contributed by atoms with Crippen LogP contribution in [0.4, 0.5) is 5.69 Å². The first-order valence-electron chi connectivity index (χ1n) is 22.0. The van der Waals surface area contributed by atoms with Crippen LogP contribution < -0.4 is 5.73 Å². The SMILES string of the molecule is [2H]c1c([2H])c([2H])c(-c2cc(-c3cc(-c4cnc5c(N)c(/C=C\C)ccc5c4)cc(-c4cc5ccccc5c(-c5ccc6ccccc6c5)n4)c3)cc3oc4ccccc4c23)c([2H])c1[2H]. The van der Waals surface area contributed by atoms with Crippen molar-refractivity contribution in [2.45, 2.75) is 6.92 Å². The molecule has 11 aromatic rings. The number of benzene rings is 8. The van der Waals surface area contributed by atoms with Gasteiger partial charge < -0.3 is 10.2 Å². The fourth-order valence-electron chi connectivity index (χ4n) is 8.34. The van der Waals surface area contributed by atoms with E-state index in [2.05, 4.69) is 72.8 Å². The molecule has 0 spiro atoms. The van der Waals surface area contributed by atoms with Crippen molar-refractivity contribution in [1.82, 2.24) is 9.97 Å². The molecule has 0 atom stereocenters. The van der Waals surface area contributed by atoms with E-state index in [1.165, 1.54) is 0 Å². The zero-order chi connectivity index (χ0) is 43.8. The van der Waals surface area contributed by atoms with Gasteiger partial charge in [0.2, 0.25) is 0 Å². The standard InChI is InChI=1S/C55H37N3O/c1-2-12-36-22-24-40-26-45(33-57-55(40)53(36)56)42-27-41(43-30-48(35-14-4-3-5-15-35)52-47-19-10-11-20-50(47)59-51(52)32-43)28-44(29-42)49-31-38-17-8-9-18-46(38)54(58-49)39-23-21-34-13-6-7-16-37(34)25-39/h2-33H,56H2,1H3/b12-2-/i3D,4D,5D,14D,15D. The van der Waals surface area contributed by atoms with E-state index in [9.17, 15) is 0 Å². The summed E-state index contributed by atoms with van der Waals surface area (Å²) in [5.41, 5.74) is 17.3. The molecule has 2 N–H and O–H groups in total. The number of hydrogen-bond donors (Lipinski definition) is 1. The maximum absolute atomic E-state index is 9.07. The van der Waals surface area contributed by atoms with E-state index in [1.54, 1.807) is 0 Å². The number of nitrogen functional groups attached to an aromatic ring is 1. The maximum atomic E-state index is 9.07. The highest BCUT2D eigenvalue weighted by Crippen LogP contribution is 2.42. The smallest absolute Gasteiger partial charge is 0.136 e. The Morgan fingerprint density at radius 1 is 0.559 bits per heavy atom. The number of hydrogen-bond acceptors (Lipinski definition) is 4. The van der Waals surface area contributed by atoms with Crippen LogP contribution in [0.2, 0.25) is 0 Å². The molecule has 0 fully saturated rings. The van der Waals surface area contributed by atoms with Crippen molar-refractivity contribution in [3.63, 3.8) is 0 Å². The van der Waals surface area contributed by atoms with E-state index < -0.39 is 18.1 Å². The van der Waals surface area contributed by atoms with Crippen LogP contribution in [0.5, 0.6) is 0 Å². The third kappa shape index (κ3) is 6.01. The first-order valence-corrected chi connectivity index (χ1v) is 19.5. The van der Waals surface area contributed by atoms with E-state index in [0.29, 0.717) is 33.3 Å². The minimum atomic E-state index is -0.449. The van der Waals surface area contributed by atoms with Crippen molar-refractivity contribution in [3.8, 4) is 55.9 Å². The van der Waals surface area contributed by atoms with Crippen LogP contribution in [0.15, 0.2) is 192 Å². The molecule has 0 bridgehead atoms. The van der Waals surface area contributed by atoms with Gasteiger partial charge in [-0.15, -0.1) is 0 Å². The maximum Gasteiger partial charge on any atom is 0.136 e. The number of anilines is 1. The van der Waals surface area contributed by atoms with Crippen LogP contribution in [0.25, 0.3) is 116 Å². The highest BCUT2D eigenvalue weighted by Gasteiger charge is 2.18. The Labute approximate surface area is 348 Å². The lowest BCUT2D eigenvalue weighted by molar-refractivity contribution is 0.669. The van der Waals surface area contributed by atoms with Crippen molar-refractivity contribution in [2.24, 2.45) is 0 Å². The molecule has 3 aromatic heterocycles. The molecule has 0 unspecified atom stereocenters. The first kappa shape index (κ1) is 29.4. The Kier molecular flexibility index (Phi) is 6.97. The topological polar surface area (TPSA) is 64.9 Å². The molecule has 278 valence electrons. The number of fused-ring (bicyclic) bond motifs is 6. The molecular formula is C55H37N3O. The number of aromatic nitrogens is 2. The first-order chi connectivity index (χ1) is 31.1. The Morgan fingerprint density at radius 2 is 1.25 bits per heavy atom. The number of nitrogens with zero attached hydrogens (tertiary/aromatic N) is 2. The number of allylic oxidation sites excluding steroid dienone is 1. The number of nitrogens with two attached hydrogens (primary N) is 1. The molecule has 4 heteroatoms. The molecule has 4 nitrogen and oxygen atoms in total. The lowest BCUT2D eigenvalue weighted by Gasteiger charge is -2.15. The third-order valence-corrected chi connectivity index (χ3v) is 11.2. The van der Waals surface area contributed by atoms with Gasteiger partial charge in [-0.1, -0.05) is 133 Å². The average Bonchev–Trinajstić information content (AvgIpc) is 3.72. The quantitative estimate of drug-likeness (QED) is 0.171. The van der Waals surface area contributed by atoms with Gasteiger partial charge in [-0.05, 0) is 111 Å². The van der Waals surface area contributed by atoms with Crippen molar-refractivity contribution < 1.29 is 11.3 Å². The molecule has 8 aromatic carbocycles. The van der Waals surface area contributed by atoms with Crippen LogP contribution >= 0.6 is 0 Å². The zero-order valence-electron chi connectivity index (χ0n) is 37.0. The second kappa shape index (κ2) is 14.0. The predicted molar refractivity (Wildman–Crippen MR) is 248 cm³/mol. The zero-order valence-corrected chi connectivity index (χ0v) is 32.0. The van der Waals surface area contributed by atoms with E-state index in [0.717, 1.165) is 82.6 Å². The summed E-state index contributed by atoms with van der Waals surface area (Å²) in [5, 5.41) is 6.68. The Hall–Kier alpha value is -7.82. The molecule has 0 amide bonds. The molecule has 0 saturated carbocycles. The third-order valence-electron chi connectivity index (χ3n) is 11.2. The summed E-state index contributed by atoms with van der Waals surface area (Å²) in [5.74, 6) is 0. The highest BCUT2D eigenvalue weighted by atomic mass is 16.3. The molecule has 59 heavy (non-hydrogen) atoms. The summed E-state index contributed by atoms with van der Waals surface area (Å²) in [6, 6.07) is 47.2. The van der Waals surface area contributed by atoms with Gasteiger partial charge in [0, 0.05) is 44.4 Å². The van der Waals surface area contributed by atoms with Crippen LogP contribution in [0, 0.1) is 0 Å². The second-order valence-electron chi connectivity index (χ2n) is 14.8. The predicted octanol–water partition coefficient (Wildman–Crippen LogP) is 14.8. The normalized spacial score (nSPS) is 13.0. The summed E-state index contributed by atoms with van der Waals surface area (Å²) >= 11 is 0. The van der Waals surface area contributed by atoms with Gasteiger partial charge in [-0.25, -0.2) is 4.98 Å². The minimum Gasteiger partial charge on any atom is -0.456 e. The molecule has 0 aliphatic heterocycles. The van der Waals surface area contributed by atoms with E-state index in [1.807, 2.05) is 98.1 Å². The van der Waals surface area contributed by atoms with Gasteiger partial charge in [0.25, 0.3) is 0 Å². The minimum absolute atomic E-state index is 0.102. The summed E-state index contributed by atoms with van der Waals surface area (Å²) in [6.07, 6.45) is 5.77. The Bertz CT molecular complexity index is 3750. The molecule has 0 aliphatic rings. The second-order valence-corrected chi connectivity index (χ2v) is 14.8. The van der Waals surface area contributed by atoms with Crippen LogP contribution in [-0.4, -0.2) is 9.97 Å². The van der Waals surface area contributed by atoms with Gasteiger partial charge in [-0.3, -0.25) is 4.98 Å². The van der Waals surface area contributed by atoms with Crippen LogP contribution in [-0.2, 0) is 0 Å². The van der Waals surface area contributed by atoms with E-state index >= 15 is 0 Å². The molecule has 11 rings (SSSR count). The number of para-hydroxylation sites is 1. The van der Waals surface area contributed by atoms with Crippen LogP contribution in [0.3, 0.4) is 0 Å². The van der Waals surface area contributed by atoms with Crippen molar-refractivity contribution in [3.05, 3.63) is 194 Å². The van der Waals surface area contributed by atoms with Gasteiger partial charge >= 0.3 is 0 Å². The molecular weight excluding hydrogens is 719 g/mol. The number of furan rings is 1. The number of pyridine rings is 2. The lowest BCUT2D eigenvalue weighted by atomic mass is 9.91. The fourth-order valence-corrected chi connectivity index (χ4v) is 8.34. The lowest BCUT2D eigenvalue weighted by Crippen LogP contribution is -1.95. The van der Waals surface area contributed by atoms with E-state index in [-0.39, 0.29) is 17.6 Å². The van der Waals surface area contributed by atoms with Gasteiger partial charge in [0.05, 0.1) is 29.4 Å². The van der Waals surface area contributed by atoms with Crippen molar-refractivity contribution in [2.75, 3.05) is 5.73 Å². The Balaban J connectivity index is 1.19. The molecule has 0 aliphatic carbocycles. The van der Waals surface area contributed by atoms with Gasteiger partial charge in [-0.2, -0.15) is 0 Å². The van der Waals surface area contributed by atoms with Crippen molar-refractivity contribution in [1.29, 1.82) is 0 Å². The molecule has 3 heterocycles. The molecule has 0 saturated heterocycles. The summed E-state index contributed by atoms with van der Waals surface area (Å²) < 4.78 is 50.2. The fraction of sp³-hybridized carbons (Fsp3) is 0.0182. The van der Waals surface area contributed by atoms with Crippen molar-refractivity contribution >= 4 is 66.1 Å². The summed E-state index contributed by atoms with van der Waals surface area (Å²) in [6.45, 7) is 1.96. The number of rotatable bonds is 6. The van der Waals surface area contributed by atoms with Gasteiger partial charge in [0.15, 0.2) is 0 Å². The summed E-state index contributed by atoms with van der Waals surface area (Å²) in [7, 11) is 0. The van der Waals surface area contributed by atoms with Gasteiger partial charge in [0.1, 0.15) is 11.2 Å². The summed E-state index contributed by atoms with van der Waals surface area (Å²) in [4.78, 5) is 10.3. The average molecular weight is 761 g/mol. The largest absolute Gasteiger partial charge is 0.456 e. The molecule has 0 radical (unpaired) electrons. The highest BCUT2D eigenvalue weighted by molar-refractivity contribution is 6.14. The van der Waals surface area contributed by atoms with E-state index in [4.69, 9.17) is 27.0 Å². The monoisotopic (exact) mass is 760 g/mol. The Morgan fingerprint density at radius 3 is 2.10 bits per heavy atom.